The molecule has 1 amide bonds. The molecule has 4 nitrogen and oxygen atoms in total. The normalized spacial score (nSPS) is 18.7. The summed E-state index contributed by atoms with van der Waals surface area (Å²) in [6.07, 6.45) is 4.73. The Morgan fingerprint density at radius 1 is 1.62 bits per heavy atom. The maximum Gasteiger partial charge on any atom is 0.227 e. The molecule has 5 heteroatoms. The summed E-state index contributed by atoms with van der Waals surface area (Å²) in [6.45, 7) is 4.75. The molecule has 21 heavy (non-hydrogen) atoms. The molecule has 1 heterocycles. The number of rotatable bonds is 5. The molecule has 2 rings (SSSR count). The minimum atomic E-state index is -0.0712. The van der Waals surface area contributed by atoms with Crippen molar-refractivity contribution in [2.75, 3.05) is 11.9 Å². The zero-order chi connectivity index (χ0) is 15.4. The molecule has 114 valence electrons. The average molecular weight is 305 g/mol. The van der Waals surface area contributed by atoms with E-state index in [9.17, 15) is 10.1 Å². The van der Waals surface area contributed by atoms with Gasteiger partial charge in [0.2, 0.25) is 5.91 Å². The average Bonchev–Trinajstić information content (AvgIpc) is 2.80. The molecule has 0 spiro atoms. The van der Waals surface area contributed by atoms with Crippen LogP contribution in [0.2, 0.25) is 0 Å². The van der Waals surface area contributed by atoms with E-state index in [2.05, 4.69) is 18.3 Å². The van der Waals surface area contributed by atoms with Gasteiger partial charge >= 0.3 is 0 Å². The van der Waals surface area contributed by atoms with Gasteiger partial charge in [-0.25, -0.2) is 0 Å². The van der Waals surface area contributed by atoms with E-state index in [1.54, 1.807) is 11.3 Å². The molecule has 1 aromatic rings. The molecule has 2 unspecified atom stereocenters. The fraction of sp³-hybridized carbons (Fsp3) is 0.625. The van der Waals surface area contributed by atoms with Crippen LogP contribution in [-0.4, -0.2) is 12.5 Å². The van der Waals surface area contributed by atoms with Gasteiger partial charge in [0, 0.05) is 10.8 Å². The molecule has 0 saturated carbocycles. The second kappa shape index (κ2) is 7.06. The van der Waals surface area contributed by atoms with Crippen molar-refractivity contribution in [2.24, 2.45) is 17.6 Å². The van der Waals surface area contributed by atoms with Crippen molar-refractivity contribution in [3.05, 3.63) is 16.0 Å². The lowest BCUT2D eigenvalue weighted by Gasteiger charge is -2.17. The Labute approximate surface area is 130 Å². The Bertz CT molecular complexity index is 559. The van der Waals surface area contributed by atoms with E-state index in [1.807, 2.05) is 6.92 Å². The van der Waals surface area contributed by atoms with Crippen LogP contribution in [-0.2, 0) is 17.6 Å². The van der Waals surface area contributed by atoms with Gasteiger partial charge in [-0.15, -0.1) is 11.3 Å². The molecular weight excluding hydrogens is 282 g/mol. The van der Waals surface area contributed by atoms with Gasteiger partial charge in [-0.1, -0.05) is 13.8 Å². The number of nitrogens with two attached hydrogens (primary N) is 1. The molecule has 0 aromatic carbocycles. The van der Waals surface area contributed by atoms with E-state index in [4.69, 9.17) is 5.73 Å². The van der Waals surface area contributed by atoms with Crippen molar-refractivity contribution < 1.29 is 4.79 Å². The number of anilines is 1. The lowest BCUT2D eigenvalue weighted by atomic mass is 9.88. The van der Waals surface area contributed by atoms with Gasteiger partial charge < -0.3 is 11.1 Å². The molecular formula is C16H23N3OS. The summed E-state index contributed by atoms with van der Waals surface area (Å²) in [7, 11) is 0. The summed E-state index contributed by atoms with van der Waals surface area (Å²) in [6, 6.07) is 2.28. The van der Waals surface area contributed by atoms with Crippen LogP contribution in [0.1, 0.15) is 49.1 Å². The first-order valence-corrected chi connectivity index (χ1v) is 8.44. The van der Waals surface area contributed by atoms with Crippen molar-refractivity contribution in [1.82, 2.24) is 0 Å². The Morgan fingerprint density at radius 3 is 3.05 bits per heavy atom. The van der Waals surface area contributed by atoms with E-state index < -0.39 is 0 Å². The van der Waals surface area contributed by atoms with E-state index in [1.165, 1.54) is 4.88 Å². The van der Waals surface area contributed by atoms with E-state index in [0.717, 1.165) is 42.7 Å². The van der Waals surface area contributed by atoms with Crippen LogP contribution in [0, 0.1) is 23.2 Å². The summed E-state index contributed by atoms with van der Waals surface area (Å²) >= 11 is 1.58. The molecule has 1 aromatic heterocycles. The Kier molecular flexibility index (Phi) is 5.38. The van der Waals surface area contributed by atoms with Gasteiger partial charge in [-0.3, -0.25) is 4.79 Å². The van der Waals surface area contributed by atoms with Crippen LogP contribution in [0.25, 0.3) is 0 Å². The molecule has 2 atom stereocenters. The molecule has 0 fully saturated rings. The summed E-state index contributed by atoms with van der Waals surface area (Å²) in [5.41, 5.74) is 7.32. The minimum Gasteiger partial charge on any atom is -0.330 e. The van der Waals surface area contributed by atoms with Gasteiger partial charge in [0.1, 0.15) is 11.1 Å². The summed E-state index contributed by atoms with van der Waals surface area (Å²) in [5.74, 6) is 0.583. The van der Waals surface area contributed by atoms with Gasteiger partial charge in [0.05, 0.1) is 5.56 Å². The molecule has 1 aliphatic rings. The Balaban J connectivity index is 2.14. The maximum atomic E-state index is 12.2. The lowest BCUT2D eigenvalue weighted by molar-refractivity contribution is -0.119. The van der Waals surface area contributed by atoms with Crippen LogP contribution >= 0.6 is 11.3 Å². The van der Waals surface area contributed by atoms with Gasteiger partial charge in [-0.05, 0) is 50.1 Å². The fourth-order valence-corrected chi connectivity index (χ4v) is 4.11. The largest absolute Gasteiger partial charge is 0.330 e. The Hall–Kier alpha value is -1.38. The third-order valence-electron chi connectivity index (χ3n) is 4.15. The quantitative estimate of drug-likeness (QED) is 0.877. The molecule has 3 N–H and O–H groups in total. The monoisotopic (exact) mass is 305 g/mol. The lowest BCUT2D eigenvalue weighted by Crippen LogP contribution is -2.21. The highest BCUT2D eigenvalue weighted by Gasteiger charge is 2.25. The number of nitrogens with one attached hydrogen (secondary N) is 1. The van der Waals surface area contributed by atoms with Crippen LogP contribution in [0.4, 0.5) is 5.00 Å². The first-order chi connectivity index (χ1) is 10.1. The highest BCUT2D eigenvalue weighted by molar-refractivity contribution is 7.16. The molecule has 0 aliphatic heterocycles. The van der Waals surface area contributed by atoms with Crippen molar-refractivity contribution in [3.63, 3.8) is 0 Å². The molecule has 0 radical (unpaired) electrons. The highest BCUT2D eigenvalue weighted by Crippen LogP contribution is 2.39. The number of hydrogen-bond donors (Lipinski definition) is 2. The minimum absolute atomic E-state index is 0.00778. The Morgan fingerprint density at radius 2 is 2.38 bits per heavy atom. The number of hydrogen-bond acceptors (Lipinski definition) is 4. The zero-order valence-electron chi connectivity index (χ0n) is 12.7. The predicted molar refractivity (Wildman–Crippen MR) is 86.3 cm³/mol. The van der Waals surface area contributed by atoms with E-state index in [0.29, 0.717) is 18.0 Å². The van der Waals surface area contributed by atoms with Gasteiger partial charge in [-0.2, -0.15) is 5.26 Å². The number of fused-ring (bicyclic) bond motifs is 1. The topological polar surface area (TPSA) is 78.9 Å². The van der Waals surface area contributed by atoms with Crippen molar-refractivity contribution in [3.8, 4) is 6.07 Å². The third kappa shape index (κ3) is 3.63. The maximum absolute atomic E-state index is 12.2. The van der Waals surface area contributed by atoms with Gasteiger partial charge in [0.25, 0.3) is 0 Å². The van der Waals surface area contributed by atoms with Crippen LogP contribution in [0.5, 0.6) is 0 Å². The summed E-state index contributed by atoms with van der Waals surface area (Å²) in [5, 5.41) is 13.1. The first kappa shape index (κ1) is 16.0. The second-order valence-electron chi connectivity index (χ2n) is 5.99. The smallest absolute Gasteiger partial charge is 0.227 e. The first-order valence-electron chi connectivity index (χ1n) is 7.62. The van der Waals surface area contributed by atoms with Crippen LogP contribution in [0.3, 0.4) is 0 Å². The fourth-order valence-electron chi connectivity index (χ4n) is 2.75. The zero-order valence-corrected chi connectivity index (χ0v) is 13.6. The number of carbonyl (C=O) groups is 1. The number of amides is 1. The molecule has 1 aliphatic carbocycles. The van der Waals surface area contributed by atoms with Gasteiger partial charge in [0.15, 0.2) is 0 Å². The third-order valence-corrected chi connectivity index (χ3v) is 5.32. The molecule has 0 bridgehead atoms. The van der Waals surface area contributed by atoms with Crippen LogP contribution < -0.4 is 11.1 Å². The summed E-state index contributed by atoms with van der Waals surface area (Å²) < 4.78 is 0. The highest BCUT2D eigenvalue weighted by atomic mass is 32.1. The number of nitrogens with zero attached hydrogens (tertiary/aromatic N) is 1. The number of nitriles is 1. The SMILES string of the molecule is CC1CCc2c(sc(NC(=O)C(C)CCCN)c2C#N)C1. The number of thiophene rings is 1. The second-order valence-corrected chi connectivity index (χ2v) is 7.09. The van der Waals surface area contributed by atoms with E-state index in [-0.39, 0.29) is 11.8 Å². The molecule has 0 saturated heterocycles. The van der Waals surface area contributed by atoms with Crippen molar-refractivity contribution >= 4 is 22.2 Å². The van der Waals surface area contributed by atoms with Crippen molar-refractivity contribution in [1.29, 1.82) is 5.26 Å². The predicted octanol–water partition coefficient (Wildman–Crippen LogP) is 3.06. The summed E-state index contributed by atoms with van der Waals surface area (Å²) in [4.78, 5) is 13.5. The van der Waals surface area contributed by atoms with Crippen LogP contribution in [0.15, 0.2) is 0 Å². The van der Waals surface area contributed by atoms with E-state index >= 15 is 0 Å². The number of carbonyl (C=O) groups excluding carboxylic acids is 1. The standard InChI is InChI=1S/C16H23N3OS/c1-10-5-6-12-13(9-18)16(21-14(12)8-10)19-15(20)11(2)4-3-7-17/h10-11H,3-8,17H2,1-2H3,(H,19,20). The van der Waals surface area contributed by atoms with Crippen molar-refractivity contribution in [2.45, 2.75) is 46.0 Å².